The number of aromatic nitrogens is 5. The fourth-order valence-electron chi connectivity index (χ4n) is 2.79. The Morgan fingerprint density at radius 2 is 1.86 bits per heavy atom. The molecule has 0 saturated heterocycles. The van der Waals surface area contributed by atoms with Gasteiger partial charge in [0.25, 0.3) is 0 Å². The number of aryl methyl sites for hydroxylation is 2. The maximum absolute atomic E-state index is 5.44. The normalized spacial score (nSPS) is 11.0. The summed E-state index contributed by atoms with van der Waals surface area (Å²) in [5, 5.41) is 17.9. The average Bonchev–Trinajstić information content (AvgIpc) is 3.33. The maximum atomic E-state index is 5.44. The first-order valence-electron chi connectivity index (χ1n) is 8.72. The van der Waals surface area contributed by atoms with Gasteiger partial charge in [0, 0.05) is 17.3 Å². The van der Waals surface area contributed by atoms with Gasteiger partial charge in [-0.2, -0.15) is 5.10 Å². The molecule has 0 saturated carbocycles. The first-order valence-corrected chi connectivity index (χ1v) is 9.71. The fourth-order valence-corrected chi connectivity index (χ4v) is 3.48. The molecule has 0 bridgehead atoms. The van der Waals surface area contributed by atoms with Crippen LogP contribution < -0.4 is 4.74 Å². The van der Waals surface area contributed by atoms with Gasteiger partial charge in [-0.15, -0.1) is 10.2 Å². The van der Waals surface area contributed by atoms with Crippen molar-refractivity contribution in [2.75, 3.05) is 7.11 Å². The quantitative estimate of drug-likeness (QED) is 0.453. The highest BCUT2D eigenvalue weighted by Gasteiger charge is 2.09. The van der Waals surface area contributed by atoms with E-state index in [0.29, 0.717) is 11.6 Å². The van der Waals surface area contributed by atoms with Crippen molar-refractivity contribution in [1.29, 1.82) is 0 Å². The second-order valence-corrected chi connectivity index (χ2v) is 7.26. The molecule has 0 aliphatic carbocycles. The van der Waals surface area contributed by atoms with Gasteiger partial charge in [-0.3, -0.25) is 0 Å². The third-order valence-corrected chi connectivity index (χ3v) is 5.10. The van der Waals surface area contributed by atoms with E-state index in [1.807, 2.05) is 62.4 Å². The maximum Gasteiger partial charge on any atom is 0.175 e. The van der Waals surface area contributed by atoms with Crippen LogP contribution in [0, 0.1) is 13.8 Å². The van der Waals surface area contributed by atoms with Crippen molar-refractivity contribution in [3.05, 3.63) is 65.7 Å². The predicted octanol–water partition coefficient (Wildman–Crippen LogP) is 4.24. The van der Waals surface area contributed by atoms with Gasteiger partial charge in [0.1, 0.15) is 22.2 Å². The lowest BCUT2D eigenvalue weighted by Gasteiger charge is -2.03. The minimum atomic E-state index is 0.622. The molecule has 28 heavy (non-hydrogen) atoms. The third-order valence-electron chi connectivity index (χ3n) is 4.16. The van der Waals surface area contributed by atoms with Gasteiger partial charge in [-0.05, 0) is 56.3 Å². The molecule has 4 aromatic rings. The standard InChI is InChI=1S/C20H19N5O2S/c1-13-10-14(2)25(23-13)19-8-9-20(22-21-19)28-12-17-11-18(24-27-17)15-4-6-16(26-3)7-5-15/h4-11H,12H2,1-3H3. The first kappa shape index (κ1) is 18.2. The van der Waals surface area contributed by atoms with Crippen molar-refractivity contribution in [2.45, 2.75) is 24.6 Å². The molecule has 0 amide bonds. The molecule has 1 aromatic carbocycles. The minimum absolute atomic E-state index is 0.622. The van der Waals surface area contributed by atoms with E-state index in [9.17, 15) is 0 Å². The molecule has 0 aliphatic rings. The van der Waals surface area contributed by atoms with E-state index >= 15 is 0 Å². The summed E-state index contributed by atoms with van der Waals surface area (Å²) in [4.78, 5) is 0. The molecule has 4 rings (SSSR count). The van der Waals surface area contributed by atoms with E-state index in [4.69, 9.17) is 9.26 Å². The number of rotatable bonds is 6. The summed E-state index contributed by atoms with van der Waals surface area (Å²) in [6.45, 7) is 3.95. The number of thioether (sulfide) groups is 1. The highest BCUT2D eigenvalue weighted by molar-refractivity contribution is 7.98. The molecule has 0 unspecified atom stereocenters. The van der Waals surface area contributed by atoms with Gasteiger partial charge >= 0.3 is 0 Å². The number of ether oxygens (including phenoxy) is 1. The van der Waals surface area contributed by atoms with Crippen LogP contribution in [-0.2, 0) is 5.75 Å². The molecule has 8 heteroatoms. The highest BCUT2D eigenvalue weighted by Crippen LogP contribution is 2.26. The number of hydrogen-bond donors (Lipinski definition) is 0. The molecule has 0 fully saturated rings. The first-order chi connectivity index (χ1) is 13.6. The largest absolute Gasteiger partial charge is 0.497 e. The van der Waals surface area contributed by atoms with Gasteiger partial charge in [0.05, 0.1) is 18.6 Å². The van der Waals surface area contributed by atoms with Crippen LogP contribution in [0.4, 0.5) is 0 Å². The van der Waals surface area contributed by atoms with Crippen molar-refractivity contribution in [3.8, 4) is 22.8 Å². The Balaban J connectivity index is 1.40. The molecule has 0 radical (unpaired) electrons. The predicted molar refractivity (Wildman–Crippen MR) is 107 cm³/mol. The molecule has 7 nitrogen and oxygen atoms in total. The van der Waals surface area contributed by atoms with E-state index in [2.05, 4.69) is 20.5 Å². The summed E-state index contributed by atoms with van der Waals surface area (Å²) >= 11 is 1.54. The van der Waals surface area contributed by atoms with E-state index < -0.39 is 0 Å². The lowest BCUT2D eigenvalue weighted by atomic mass is 10.1. The number of benzene rings is 1. The SMILES string of the molecule is COc1ccc(-c2cc(CSc3ccc(-n4nc(C)cc4C)nn3)on2)cc1. The van der Waals surface area contributed by atoms with Crippen molar-refractivity contribution >= 4 is 11.8 Å². The number of nitrogens with zero attached hydrogens (tertiary/aromatic N) is 5. The Morgan fingerprint density at radius 3 is 2.50 bits per heavy atom. The second kappa shape index (κ2) is 7.85. The molecule has 3 aromatic heterocycles. The lowest BCUT2D eigenvalue weighted by Crippen LogP contribution is -2.03. The molecule has 0 aliphatic heterocycles. The Kier molecular flexibility index (Phi) is 5.12. The van der Waals surface area contributed by atoms with Crippen LogP contribution in [0.1, 0.15) is 17.1 Å². The van der Waals surface area contributed by atoms with Gasteiger partial charge in [0.2, 0.25) is 0 Å². The number of hydrogen-bond acceptors (Lipinski definition) is 7. The van der Waals surface area contributed by atoms with Crippen molar-refractivity contribution < 1.29 is 9.26 Å². The summed E-state index contributed by atoms with van der Waals surface area (Å²) in [5.74, 6) is 2.92. The molecule has 3 heterocycles. The van der Waals surface area contributed by atoms with Crippen LogP contribution in [0.2, 0.25) is 0 Å². The molecular formula is C20H19N5O2S. The summed E-state index contributed by atoms with van der Waals surface area (Å²) in [6, 6.07) is 15.5. The molecule has 0 N–H and O–H groups in total. The zero-order valence-electron chi connectivity index (χ0n) is 15.8. The smallest absolute Gasteiger partial charge is 0.175 e. The molecule has 142 valence electrons. The Bertz CT molecular complexity index is 1070. The van der Waals surface area contributed by atoms with Crippen molar-refractivity contribution in [1.82, 2.24) is 25.1 Å². The van der Waals surface area contributed by atoms with Gasteiger partial charge in [0.15, 0.2) is 5.82 Å². The van der Waals surface area contributed by atoms with Gasteiger partial charge < -0.3 is 9.26 Å². The van der Waals surface area contributed by atoms with Crippen LogP contribution in [0.5, 0.6) is 5.75 Å². The molecule has 0 atom stereocenters. The topological polar surface area (TPSA) is 78.9 Å². The number of methoxy groups -OCH3 is 1. The molecule has 0 spiro atoms. The van der Waals surface area contributed by atoms with Crippen LogP contribution >= 0.6 is 11.8 Å². The highest BCUT2D eigenvalue weighted by atomic mass is 32.2. The lowest BCUT2D eigenvalue weighted by molar-refractivity contribution is 0.397. The Hall–Kier alpha value is -3.13. The summed E-state index contributed by atoms with van der Waals surface area (Å²) in [5.41, 5.74) is 3.76. The zero-order valence-corrected chi connectivity index (χ0v) is 16.6. The van der Waals surface area contributed by atoms with Gasteiger partial charge in [-0.25, -0.2) is 4.68 Å². The Morgan fingerprint density at radius 1 is 1.04 bits per heavy atom. The third kappa shape index (κ3) is 3.91. The van der Waals surface area contributed by atoms with Crippen LogP contribution in [0.15, 0.2) is 58.1 Å². The fraction of sp³-hybridized carbons (Fsp3) is 0.200. The molecular weight excluding hydrogens is 374 g/mol. The van der Waals surface area contributed by atoms with Crippen molar-refractivity contribution in [3.63, 3.8) is 0 Å². The monoisotopic (exact) mass is 393 g/mol. The zero-order chi connectivity index (χ0) is 19.5. The van der Waals surface area contributed by atoms with Crippen LogP contribution in [0.3, 0.4) is 0 Å². The van der Waals surface area contributed by atoms with Crippen molar-refractivity contribution in [2.24, 2.45) is 0 Å². The average molecular weight is 393 g/mol. The Labute approximate surface area is 166 Å². The van der Waals surface area contributed by atoms with Crippen LogP contribution in [0.25, 0.3) is 17.1 Å². The van der Waals surface area contributed by atoms with E-state index in [-0.39, 0.29) is 0 Å². The van der Waals surface area contributed by atoms with E-state index in [1.54, 1.807) is 23.6 Å². The van der Waals surface area contributed by atoms with E-state index in [0.717, 1.165) is 39.2 Å². The second-order valence-electron chi connectivity index (χ2n) is 6.26. The summed E-state index contributed by atoms with van der Waals surface area (Å²) < 4.78 is 12.4. The summed E-state index contributed by atoms with van der Waals surface area (Å²) in [7, 11) is 1.65. The summed E-state index contributed by atoms with van der Waals surface area (Å²) in [6.07, 6.45) is 0. The van der Waals surface area contributed by atoms with Gasteiger partial charge in [-0.1, -0.05) is 16.9 Å². The van der Waals surface area contributed by atoms with Crippen LogP contribution in [-0.4, -0.2) is 32.2 Å². The van der Waals surface area contributed by atoms with E-state index in [1.165, 1.54) is 0 Å². The minimum Gasteiger partial charge on any atom is -0.497 e.